The molecule has 2 unspecified atom stereocenters. The Morgan fingerprint density at radius 3 is 2.59 bits per heavy atom. The van der Waals surface area contributed by atoms with Gasteiger partial charge in [0, 0.05) is 5.38 Å². The van der Waals surface area contributed by atoms with Crippen LogP contribution < -0.4 is 22.1 Å². The predicted octanol–water partition coefficient (Wildman–Crippen LogP) is -3.33. The molecule has 3 amide bonds. The molecule has 0 radical (unpaired) electrons. The first-order valence-electron chi connectivity index (χ1n) is 10.8. The molecular formula is C18H24N10O9S2. The second-order valence-corrected chi connectivity index (χ2v) is 10.6. The van der Waals surface area contributed by atoms with E-state index in [1.807, 2.05) is 0 Å². The summed E-state index contributed by atoms with van der Waals surface area (Å²) in [6, 6.07) is -2.86. The third-order valence-corrected chi connectivity index (χ3v) is 6.80. The van der Waals surface area contributed by atoms with Gasteiger partial charge in [0.25, 0.3) is 11.8 Å². The molecule has 21 heteroatoms. The van der Waals surface area contributed by atoms with E-state index >= 15 is 0 Å². The minimum absolute atomic E-state index is 0.0366. The van der Waals surface area contributed by atoms with Gasteiger partial charge >= 0.3 is 16.3 Å². The molecule has 0 aliphatic carbocycles. The zero-order valence-corrected chi connectivity index (χ0v) is 22.0. The van der Waals surface area contributed by atoms with Crippen LogP contribution in [0.5, 0.6) is 0 Å². The van der Waals surface area contributed by atoms with Crippen LogP contribution in [0.3, 0.4) is 0 Å². The summed E-state index contributed by atoms with van der Waals surface area (Å²) in [7, 11) is -5.03. The van der Waals surface area contributed by atoms with Gasteiger partial charge in [-0.2, -0.15) is 8.42 Å². The van der Waals surface area contributed by atoms with Gasteiger partial charge in [0.2, 0.25) is 11.5 Å². The maximum Gasteiger partial charge on any atom is 0.362 e. The number of aromatic nitrogens is 4. The molecule has 8 N–H and O–H groups in total. The van der Waals surface area contributed by atoms with Crippen LogP contribution in [0, 0.1) is 0 Å². The number of carbonyl (C=O) groups is 4. The fourth-order valence-corrected chi connectivity index (χ4v) is 4.53. The zero-order valence-electron chi connectivity index (χ0n) is 20.3. The second-order valence-electron chi connectivity index (χ2n) is 8.46. The largest absolute Gasteiger partial charge is 0.478 e. The standard InChI is InChI=1S/C18H24N10O9S2/c1-18(2,16(32)33)37-25-12(9-7-38-17(20)22-9)14(30)23-13-10(28(15(13)31)39(34,35)36)6-27-5-8(24-26-27)4-21-11(29)3-19/h5,7,10,13H,3-4,6,19H2,1-2H3,(H2,20,22)(H,21,29)(H,23,30)(H,32,33)(H,34,35,36). The third-order valence-electron chi connectivity index (χ3n) is 5.18. The number of amides is 3. The summed E-state index contributed by atoms with van der Waals surface area (Å²) >= 11 is 0.939. The Bertz CT molecular complexity index is 1420. The van der Waals surface area contributed by atoms with Crippen molar-refractivity contribution in [3.8, 4) is 0 Å². The summed E-state index contributed by atoms with van der Waals surface area (Å²) in [5, 5.41) is 26.6. The Kier molecular flexibility index (Phi) is 8.48. The van der Waals surface area contributed by atoms with Gasteiger partial charge in [-0.25, -0.2) is 18.8 Å². The lowest BCUT2D eigenvalue weighted by Gasteiger charge is -2.43. The summed E-state index contributed by atoms with van der Waals surface area (Å²) in [5.74, 6) is -4.10. The van der Waals surface area contributed by atoms with Crippen molar-refractivity contribution in [2.24, 2.45) is 10.9 Å². The SMILES string of the molecule is CC(C)(ON=C(C(=O)NC1C(=O)N(S(=O)(=O)O)C1Cn1cc(CNC(=O)CN)nn1)c1csc(N)n1)C(=O)O. The van der Waals surface area contributed by atoms with E-state index in [0.717, 1.165) is 16.0 Å². The molecule has 0 spiro atoms. The summed E-state index contributed by atoms with van der Waals surface area (Å²) in [6.07, 6.45) is 1.34. The smallest absolute Gasteiger partial charge is 0.362 e. The van der Waals surface area contributed by atoms with E-state index in [1.165, 1.54) is 25.4 Å². The quantitative estimate of drug-likeness (QED) is 0.0612. The van der Waals surface area contributed by atoms with Gasteiger partial charge in [0.1, 0.15) is 17.4 Å². The number of nitrogens with zero attached hydrogens (tertiary/aromatic N) is 6. The second kappa shape index (κ2) is 11.3. The average Bonchev–Trinajstić information content (AvgIpc) is 3.48. The number of carbonyl (C=O) groups excluding carboxylic acids is 3. The number of carboxylic acid groups (broad SMARTS) is 1. The molecule has 0 bridgehead atoms. The van der Waals surface area contributed by atoms with Gasteiger partial charge in [0.05, 0.1) is 31.9 Å². The number of oxime groups is 1. The van der Waals surface area contributed by atoms with E-state index in [1.54, 1.807) is 0 Å². The highest BCUT2D eigenvalue weighted by Crippen LogP contribution is 2.25. The van der Waals surface area contributed by atoms with Crippen molar-refractivity contribution in [3.63, 3.8) is 0 Å². The van der Waals surface area contributed by atoms with E-state index in [4.69, 9.17) is 16.3 Å². The lowest BCUT2D eigenvalue weighted by Crippen LogP contribution is -2.73. The monoisotopic (exact) mass is 588 g/mol. The van der Waals surface area contributed by atoms with Crippen molar-refractivity contribution in [2.45, 2.75) is 44.6 Å². The molecule has 2 aromatic rings. The van der Waals surface area contributed by atoms with Crippen LogP contribution in [-0.4, -0.2) is 96.0 Å². The molecule has 3 heterocycles. The average molecular weight is 589 g/mol. The van der Waals surface area contributed by atoms with Crippen molar-refractivity contribution in [1.82, 2.24) is 34.9 Å². The molecule has 19 nitrogen and oxygen atoms in total. The van der Waals surface area contributed by atoms with Crippen LogP contribution in [0.25, 0.3) is 0 Å². The molecule has 39 heavy (non-hydrogen) atoms. The van der Waals surface area contributed by atoms with Crippen molar-refractivity contribution >= 4 is 56.2 Å². The van der Waals surface area contributed by atoms with E-state index < -0.39 is 57.4 Å². The Balaban J connectivity index is 1.84. The predicted molar refractivity (Wildman–Crippen MR) is 131 cm³/mol. The van der Waals surface area contributed by atoms with Crippen molar-refractivity contribution in [2.75, 3.05) is 12.3 Å². The van der Waals surface area contributed by atoms with Crippen LogP contribution in [0.2, 0.25) is 0 Å². The van der Waals surface area contributed by atoms with Gasteiger partial charge in [-0.05, 0) is 13.8 Å². The minimum Gasteiger partial charge on any atom is -0.478 e. The number of nitrogens with two attached hydrogens (primary N) is 2. The van der Waals surface area contributed by atoms with Crippen LogP contribution in [0.15, 0.2) is 16.7 Å². The van der Waals surface area contributed by atoms with Gasteiger partial charge in [0.15, 0.2) is 10.8 Å². The Morgan fingerprint density at radius 1 is 1.33 bits per heavy atom. The van der Waals surface area contributed by atoms with Gasteiger partial charge in [-0.1, -0.05) is 10.4 Å². The topological polar surface area (TPSA) is 287 Å². The van der Waals surface area contributed by atoms with E-state index in [-0.39, 0.29) is 40.5 Å². The normalized spacial score (nSPS) is 17.9. The number of β-lactam (4-membered cyclic amide) rings is 1. The first-order valence-corrected chi connectivity index (χ1v) is 13.1. The van der Waals surface area contributed by atoms with Gasteiger partial charge in [-0.15, -0.1) is 16.4 Å². The van der Waals surface area contributed by atoms with E-state index in [0.29, 0.717) is 0 Å². The highest BCUT2D eigenvalue weighted by Gasteiger charge is 2.54. The molecule has 1 aliphatic heterocycles. The van der Waals surface area contributed by atoms with Crippen LogP contribution >= 0.6 is 11.3 Å². The molecule has 2 aromatic heterocycles. The van der Waals surface area contributed by atoms with Crippen LogP contribution in [-0.2, 0) is 47.4 Å². The van der Waals surface area contributed by atoms with Gasteiger partial charge in [-0.3, -0.25) is 18.9 Å². The van der Waals surface area contributed by atoms with Crippen molar-refractivity contribution in [1.29, 1.82) is 0 Å². The fraction of sp³-hybridized carbons (Fsp3) is 0.444. The number of thiazole rings is 1. The van der Waals surface area contributed by atoms with E-state index in [2.05, 4.69) is 31.1 Å². The lowest BCUT2D eigenvalue weighted by molar-refractivity contribution is -0.161. The number of carboxylic acids is 1. The highest BCUT2D eigenvalue weighted by atomic mass is 32.2. The van der Waals surface area contributed by atoms with Crippen molar-refractivity contribution in [3.05, 3.63) is 23.0 Å². The molecule has 0 aromatic carbocycles. The number of rotatable bonds is 12. The van der Waals surface area contributed by atoms with Crippen molar-refractivity contribution < 1.29 is 42.1 Å². The molecular weight excluding hydrogens is 564 g/mol. The number of hydrogen-bond acceptors (Lipinski definition) is 14. The minimum atomic E-state index is -5.03. The molecule has 1 fully saturated rings. The molecule has 212 valence electrons. The number of aliphatic carboxylic acids is 1. The molecule has 2 atom stereocenters. The Hall–Kier alpha value is -4.21. The number of nitrogens with one attached hydrogen (secondary N) is 2. The number of nitrogen functional groups attached to an aromatic ring is 1. The maximum absolute atomic E-state index is 13.1. The van der Waals surface area contributed by atoms with Gasteiger partial charge < -0.3 is 32.0 Å². The first kappa shape index (κ1) is 29.3. The maximum atomic E-state index is 13.1. The highest BCUT2D eigenvalue weighted by molar-refractivity contribution is 7.84. The lowest BCUT2D eigenvalue weighted by atomic mass is 9.98. The van der Waals surface area contributed by atoms with Crippen LogP contribution in [0.1, 0.15) is 25.2 Å². The number of anilines is 1. The summed E-state index contributed by atoms with van der Waals surface area (Å²) < 4.78 is 34.5. The first-order chi connectivity index (χ1) is 18.1. The Morgan fingerprint density at radius 2 is 2.03 bits per heavy atom. The number of hydrogen-bond donors (Lipinski definition) is 6. The molecule has 1 aliphatic rings. The molecule has 3 rings (SSSR count). The molecule has 0 saturated carbocycles. The zero-order chi connectivity index (χ0) is 29.1. The molecule has 1 saturated heterocycles. The Labute approximate surface area is 224 Å². The van der Waals surface area contributed by atoms with E-state index in [9.17, 15) is 37.3 Å². The summed E-state index contributed by atoms with van der Waals surface area (Å²) in [6.45, 7) is 1.71. The van der Waals surface area contributed by atoms with Crippen LogP contribution in [0.4, 0.5) is 5.13 Å². The fourth-order valence-electron chi connectivity index (χ4n) is 3.11. The third kappa shape index (κ3) is 6.81. The summed E-state index contributed by atoms with van der Waals surface area (Å²) in [4.78, 5) is 57.3. The summed E-state index contributed by atoms with van der Waals surface area (Å²) in [5.41, 5.74) is 8.60.